The first-order valence-electron chi connectivity index (χ1n) is 9.62. The molecule has 28 heavy (non-hydrogen) atoms. The molecule has 1 amide bonds. The van der Waals surface area contributed by atoms with E-state index in [0.717, 1.165) is 47.2 Å². The van der Waals surface area contributed by atoms with Crippen molar-refractivity contribution in [2.45, 2.75) is 26.8 Å². The minimum Gasteiger partial charge on any atom is -0.311 e. The zero-order chi connectivity index (χ0) is 19.5. The molecule has 0 bridgehead atoms. The Kier molecular flexibility index (Phi) is 5.50. The summed E-state index contributed by atoms with van der Waals surface area (Å²) in [5.74, 6) is 0.147. The fraction of sp³-hybridized carbons (Fsp3) is 0.318. The van der Waals surface area contributed by atoms with Gasteiger partial charge in [-0.05, 0) is 49.7 Å². The van der Waals surface area contributed by atoms with Gasteiger partial charge in [0.1, 0.15) is 0 Å². The third kappa shape index (κ3) is 3.98. The maximum absolute atomic E-state index is 13.0. The summed E-state index contributed by atoms with van der Waals surface area (Å²) in [5, 5.41) is 3.16. The number of anilines is 1. The molecule has 1 aliphatic rings. The van der Waals surface area contributed by atoms with Crippen LogP contribution in [0, 0.1) is 6.92 Å². The van der Waals surface area contributed by atoms with Crippen molar-refractivity contribution in [2.24, 2.45) is 0 Å². The molecule has 5 nitrogen and oxygen atoms in total. The van der Waals surface area contributed by atoms with Gasteiger partial charge in [0.15, 0.2) is 0 Å². The normalized spacial score (nSPS) is 13.2. The molecule has 6 heteroatoms. The van der Waals surface area contributed by atoms with E-state index in [0.29, 0.717) is 13.1 Å². The fourth-order valence-corrected chi connectivity index (χ4v) is 4.22. The number of thiazole rings is 1. The van der Waals surface area contributed by atoms with Crippen molar-refractivity contribution >= 4 is 22.9 Å². The van der Waals surface area contributed by atoms with Gasteiger partial charge in [-0.2, -0.15) is 0 Å². The van der Waals surface area contributed by atoms with Crippen LogP contribution in [0.1, 0.15) is 23.2 Å². The van der Waals surface area contributed by atoms with Crippen molar-refractivity contribution in [2.75, 3.05) is 24.5 Å². The molecule has 3 aromatic rings. The standard InChI is InChI=1S/C22H24N4OS/c1-3-25(13-19-6-4-5-10-23-19)14-22(27)26-11-9-18-12-17(7-8-21(18)26)20-15-28-16(2)24-20/h4-8,10,12,15H,3,9,11,13-14H2,1-2H3. The molecule has 4 rings (SSSR count). The first-order chi connectivity index (χ1) is 13.6. The molecule has 0 saturated carbocycles. The van der Waals surface area contributed by atoms with Crippen LogP contribution < -0.4 is 4.90 Å². The fourth-order valence-electron chi connectivity index (χ4n) is 3.59. The first kappa shape index (κ1) is 18.8. The zero-order valence-corrected chi connectivity index (χ0v) is 17.1. The summed E-state index contributed by atoms with van der Waals surface area (Å²) in [4.78, 5) is 26.0. The predicted molar refractivity (Wildman–Crippen MR) is 114 cm³/mol. The molecule has 0 radical (unpaired) electrons. The van der Waals surface area contributed by atoms with E-state index in [9.17, 15) is 4.79 Å². The number of hydrogen-bond acceptors (Lipinski definition) is 5. The summed E-state index contributed by atoms with van der Waals surface area (Å²) in [5.41, 5.74) is 5.39. The van der Waals surface area contributed by atoms with E-state index in [2.05, 4.69) is 45.4 Å². The van der Waals surface area contributed by atoms with Crippen LogP contribution in [0.3, 0.4) is 0 Å². The Bertz CT molecular complexity index is 970. The monoisotopic (exact) mass is 392 g/mol. The van der Waals surface area contributed by atoms with Crippen LogP contribution >= 0.6 is 11.3 Å². The highest BCUT2D eigenvalue weighted by Gasteiger charge is 2.26. The molecular formula is C22H24N4OS. The molecule has 0 saturated heterocycles. The Hall–Kier alpha value is -2.57. The summed E-state index contributed by atoms with van der Waals surface area (Å²) in [7, 11) is 0. The van der Waals surface area contributed by atoms with E-state index in [1.165, 1.54) is 5.56 Å². The lowest BCUT2D eigenvalue weighted by molar-refractivity contribution is -0.119. The van der Waals surface area contributed by atoms with Crippen LogP contribution in [0.25, 0.3) is 11.3 Å². The Morgan fingerprint density at radius 1 is 1.29 bits per heavy atom. The van der Waals surface area contributed by atoms with Crippen LogP contribution in [-0.4, -0.2) is 40.4 Å². The largest absolute Gasteiger partial charge is 0.311 e. The lowest BCUT2D eigenvalue weighted by Crippen LogP contribution is -2.39. The van der Waals surface area contributed by atoms with E-state index in [-0.39, 0.29) is 5.91 Å². The second-order valence-corrected chi connectivity index (χ2v) is 8.08. The van der Waals surface area contributed by atoms with E-state index in [1.54, 1.807) is 17.5 Å². The van der Waals surface area contributed by atoms with Crippen LogP contribution in [0.2, 0.25) is 0 Å². The number of rotatable bonds is 6. The number of pyridine rings is 1. The van der Waals surface area contributed by atoms with Gasteiger partial charge >= 0.3 is 0 Å². The van der Waals surface area contributed by atoms with Crippen molar-refractivity contribution in [1.29, 1.82) is 0 Å². The molecule has 0 unspecified atom stereocenters. The number of hydrogen-bond donors (Lipinski definition) is 0. The third-order valence-corrected chi connectivity index (χ3v) is 5.88. The molecule has 144 valence electrons. The topological polar surface area (TPSA) is 49.3 Å². The Morgan fingerprint density at radius 2 is 2.18 bits per heavy atom. The maximum Gasteiger partial charge on any atom is 0.241 e. The van der Waals surface area contributed by atoms with Crippen molar-refractivity contribution < 1.29 is 4.79 Å². The lowest BCUT2D eigenvalue weighted by atomic mass is 10.1. The molecule has 0 spiro atoms. The molecule has 0 atom stereocenters. The van der Waals surface area contributed by atoms with E-state index in [4.69, 9.17) is 0 Å². The molecular weight excluding hydrogens is 368 g/mol. The third-order valence-electron chi connectivity index (χ3n) is 5.11. The first-order valence-corrected chi connectivity index (χ1v) is 10.5. The number of fused-ring (bicyclic) bond motifs is 1. The number of nitrogens with zero attached hydrogens (tertiary/aromatic N) is 4. The number of aryl methyl sites for hydroxylation is 1. The number of carbonyl (C=O) groups excluding carboxylic acids is 1. The van der Waals surface area contributed by atoms with Crippen molar-refractivity contribution in [3.05, 3.63) is 64.2 Å². The van der Waals surface area contributed by atoms with Gasteiger partial charge in [0.05, 0.1) is 22.9 Å². The summed E-state index contributed by atoms with van der Waals surface area (Å²) in [6.07, 6.45) is 2.69. The summed E-state index contributed by atoms with van der Waals surface area (Å²) in [6, 6.07) is 12.2. The van der Waals surface area contributed by atoms with E-state index >= 15 is 0 Å². The molecule has 0 N–H and O–H groups in total. The van der Waals surface area contributed by atoms with Crippen LogP contribution in [-0.2, 0) is 17.8 Å². The predicted octanol–water partition coefficient (Wildman–Crippen LogP) is 3.92. The Labute approximate surface area is 169 Å². The minimum atomic E-state index is 0.147. The van der Waals surface area contributed by atoms with Crippen molar-refractivity contribution in [1.82, 2.24) is 14.9 Å². The Morgan fingerprint density at radius 3 is 2.89 bits per heavy atom. The molecule has 0 fully saturated rings. The maximum atomic E-state index is 13.0. The highest BCUT2D eigenvalue weighted by atomic mass is 32.1. The average Bonchev–Trinajstić information content (AvgIpc) is 3.34. The number of likely N-dealkylation sites (N-methyl/N-ethyl adjacent to an activating group) is 1. The van der Waals surface area contributed by atoms with Gasteiger partial charge in [0.2, 0.25) is 5.91 Å². The second kappa shape index (κ2) is 8.20. The van der Waals surface area contributed by atoms with Gasteiger partial charge in [-0.1, -0.05) is 19.1 Å². The average molecular weight is 393 g/mol. The quantitative estimate of drug-likeness (QED) is 0.638. The molecule has 1 aromatic carbocycles. The minimum absolute atomic E-state index is 0.147. The molecule has 3 heterocycles. The van der Waals surface area contributed by atoms with Crippen LogP contribution in [0.15, 0.2) is 48.0 Å². The van der Waals surface area contributed by atoms with Gasteiger partial charge in [-0.15, -0.1) is 11.3 Å². The highest BCUT2D eigenvalue weighted by Crippen LogP contribution is 2.32. The number of benzene rings is 1. The summed E-state index contributed by atoms with van der Waals surface area (Å²) < 4.78 is 0. The van der Waals surface area contributed by atoms with Gasteiger partial charge < -0.3 is 4.90 Å². The zero-order valence-electron chi connectivity index (χ0n) is 16.3. The van der Waals surface area contributed by atoms with Gasteiger partial charge in [0, 0.05) is 35.9 Å². The van der Waals surface area contributed by atoms with Crippen LogP contribution in [0.4, 0.5) is 5.69 Å². The summed E-state index contributed by atoms with van der Waals surface area (Å²) in [6.45, 7) is 6.74. The number of amides is 1. The summed E-state index contributed by atoms with van der Waals surface area (Å²) >= 11 is 1.66. The van der Waals surface area contributed by atoms with Gasteiger partial charge in [-0.3, -0.25) is 14.7 Å². The highest BCUT2D eigenvalue weighted by molar-refractivity contribution is 7.09. The lowest BCUT2D eigenvalue weighted by Gasteiger charge is -2.24. The smallest absolute Gasteiger partial charge is 0.241 e. The van der Waals surface area contributed by atoms with E-state index < -0.39 is 0 Å². The van der Waals surface area contributed by atoms with Crippen molar-refractivity contribution in [3.8, 4) is 11.3 Å². The molecule has 0 aliphatic carbocycles. The molecule has 2 aromatic heterocycles. The van der Waals surface area contributed by atoms with Gasteiger partial charge in [-0.25, -0.2) is 4.98 Å². The van der Waals surface area contributed by atoms with E-state index in [1.807, 2.05) is 30.0 Å². The van der Waals surface area contributed by atoms with Crippen LogP contribution in [0.5, 0.6) is 0 Å². The van der Waals surface area contributed by atoms with Gasteiger partial charge in [0.25, 0.3) is 0 Å². The Balaban J connectivity index is 1.46. The second-order valence-electron chi connectivity index (χ2n) is 7.01. The number of aromatic nitrogens is 2. The van der Waals surface area contributed by atoms with Crippen molar-refractivity contribution in [3.63, 3.8) is 0 Å². The SMILES string of the molecule is CCN(CC(=O)N1CCc2cc(-c3csc(C)n3)ccc21)Cc1ccccn1. The number of carbonyl (C=O) groups is 1. The molecule has 1 aliphatic heterocycles.